The lowest BCUT2D eigenvalue weighted by atomic mass is 10.3. The summed E-state index contributed by atoms with van der Waals surface area (Å²) in [6.45, 7) is 2.03. The lowest BCUT2D eigenvalue weighted by Crippen LogP contribution is -1.94. The Morgan fingerprint density at radius 2 is 1.93 bits per heavy atom. The first-order chi connectivity index (χ1) is 6.81. The molecule has 0 saturated carbocycles. The van der Waals surface area contributed by atoms with E-state index in [4.69, 9.17) is 4.74 Å². The first-order valence-corrected chi connectivity index (χ1v) is 4.44. The van der Waals surface area contributed by atoms with E-state index in [2.05, 4.69) is 4.98 Å². The number of aryl methyl sites for hydroxylation is 1. The van der Waals surface area contributed by atoms with Gasteiger partial charge in [0.1, 0.15) is 5.75 Å². The molecule has 0 bridgehead atoms. The molecule has 0 aliphatic carbocycles. The van der Waals surface area contributed by atoms with E-state index in [1.165, 1.54) is 0 Å². The van der Waals surface area contributed by atoms with Crippen molar-refractivity contribution < 1.29 is 4.74 Å². The summed E-state index contributed by atoms with van der Waals surface area (Å²) in [6.07, 6.45) is 3.64. The van der Waals surface area contributed by atoms with Crippen molar-refractivity contribution in [1.29, 1.82) is 0 Å². The first kappa shape index (κ1) is 8.81. The molecule has 0 aliphatic rings. The number of hydrogen-bond acceptors (Lipinski definition) is 2. The van der Waals surface area contributed by atoms with Crippen LogP contribution >= 0.6 is 0 Å². The summed E-state index contributed by atoms with van der Waals surface area (Å²) < 4.78 is 7.12. The number of methoxy groups -OCH3 is 1. The van der Waals surface area contributed by atoms with Gasteiger partial charge in [0.05, 0.1) is 13.4 Å². The molecule has 1 heterocycles. The summed E-state index contributed by atoms with van der Waals surface area (Å²) in [6, 6.07) is 7.89. The van der Waals surface area contributed by atoms with Crippen molar-refractivity contribution in [3.05, 3.63) is 42.5 Å². The summed E-state index contributed by atoms with van der Waals surface area (Å²) in [5.74, 6) is 0.867. The standard InChI is InChI=1S/C11H12N2O/c1-9-7-12-8-13(9)10-3-5-11(14-2)6-4-10/h3-8H,1-2H3. The monoisotopic (exact) mass is 188 g/mol. The van der Waals surface area contributed by atoms with Gasteiger partial charge in [0.25, 0.3) is 0 Å². The SMILES string of the molecule is COc1ccc(-n2cncc2C)cc1. The summed E-state index contributed by atoms with van der Waals surface area (Å²) in [4.78, 5) is 4.07. The summed E-state index contributed by atoms with van der Waals surface area (Å²) in [7, 11) is 1.66. The van der Waals surface area contributed by atoms with Crippen molar-refractivity contribution in [2.45, 2.75) is 6.92 Å². The Hall–Kier alpha value is -1.77. The molecule has 0 atom stereocenters. The second kappa shape index (κ2) is 3.54. The van der Waals surface area contributed by atoms with Gasteiger partial charge in [0.2, 0.25) is 0 Å². The number of imidazole rings is 1. The van der Waals surface area contributed by atoms with Crippen LogP contribution in [0, 0.1) is 6.92 Å². The van der Waals surface area contributed by atoms with Gasteiger partial charge in [-0.3, -0.25) is 0 Å². The Labute approximate surface area is 83.0 Å². The number of benzene rings is 1. The lowest BCUT2D eigenvalue weighted by molar-refractivity contribution is 0.414. The summed E-state index contributed by atoms with van der Waals surface area (Å²) >= 11 is 0. The number of rotatable bonds is 2. The average Bonchev–Trinajstić information content (AvgIpc) is 2.65. The van der Waals surface area contributed by atoms with Crippen LogP contribution in [0.2, 0.25) is 0 Å². The van der Waals surface area contributed by atoms with Crippen LogP contribution in [-0.2, 0) is 0 Å². The molecule has 0 saturated heterocycles. The van der Waals surface area contributed by atoms with Crippen LogP contribution < -0.4 is 4.74 Å². The smallest absolute Gasteiger partial charge is 0.119 e. The average molecular weight is 188 g/mol. The van der Waals surface area contributed by atoms with Crippen LogP contribution in [0.1, 0.15) is 5.69 Å². The zero-order chi connectivity index (χ0) is 9.97. The van der Waals surface area contributed by atoms with Gasteiger partial charge in [-0.25, -0.2) is 4.98 Å². The van der Waals surface area contributed by atoms with Gasteiger partial charge in [-0.05, 0) is 31.2 Å². The zero-order valence-electron chi connectivity index (χ0n) is 8.27. The Balaban J connectivity index is 2.39. The van der Waals surface area contributed by atoms with Crippen molar-refractivity contribution in [2.75, 3.05) is 7.11 Å². The molecule has 3 heteroatoms. The molecule has 1 aromatic carbocycles. The predicted molar refractivity (Wildman–Crippen MR) is 54.9 cm³/mol. The molecule has 14 heavy (non-hydrogen) atoms. The van der Waals surface area contributed by atoms with E-state index >= 15 is 0 Å². The van der Waals surface area contributed by atoms with Gasteiger partial charge >= 0.3 is 0 Å². The Morgan fingerprint density at radius 3 is 2.43 bits per heavy atom. The third-order valence-electron chi connectivity index (χ3n) is 2.17. The predicted octanol–water partition coefficient (Wildman–Crippen LogP) is 2.19. The molecule has 3 nitrogen and oxygen atoms in total. The van der Waals surface area contributed by atoms with Crippen LogP contribution in [0.5, 0.6) is 5.75 Å². The molecule has 72 valence electrons. The zero-order valence-corrected chi connectivity index (χ0v) is 8.27. The van der Waals surface area contributed by atoms with Crippen LogP contribution in [0.4, 0.5) is 0 Å². The fourth-order valence-electron chi connectivity index (χ4n) is 1.37. The van der Waals surface area contributed by atoms with Crippen LogP contribution in [0.15, 0.2) is 36.8 Å². The molecule has 0 unspecified atom stereocenters. The number of hydrogen-bond donors (Lipinski definition) is 0. The third kappa shape index (κ3) is 1.48. The summed E-state index contributed by atoms with van der Waals surface area (Å²) in [5.41, 5.74) is 2.22. The molecule has 0 radical (unpaired) electrons. The Morgan fingerprint density at radius 1 is 1.21 bits per heavy atom. The molecular formula is C11H12N2O. The van der Waals surface area contributed by atoms with Gasteiger partial charge in [0.15, 0.2) is 0 Å². The van der Waals surface area contributed by atoms with E-state index in [0.717, 1.165) is 17.1 Å². The maximum Gasteiger partial charge on any atom is 0.119 e. The second-order valence-electron chi connectivity index (χ2n) is 3.10. The number of ether oxygens (including phenoxy) is 1. The molecule has 0 N–H and O–H groups in total. The maximum atomic E-state index is 5.09. The minimum absolute atomic E-state index is 0.867. The first-order valence-electron chi connectivity index (χ1n) is 4.44. The van der Waals surface area contributed by atoms with Crippen molar-refractivity contribution in [2.24, 2.45) is 0 Å². The van der Waals surface area contributed by atoms with Crippen LogP contribution in [0.25, 0.3) is 5.69 Å². The Kier molecular flexibility index (Phi) is 2.23. The van der Waals surface area contributed by atoms with Crippen molar-refractivity contribution in [1.82, 2.24) is 9.55 Å². The van der Waals surface area contributed by atoms with Gasteiger partial charge in [0, 0.05) is 17.6 Å². The van der Waals surface area contributed by atoms with Crippen molar-refractivity contribution in [3.8, 4) is 11.4 Å². The highest BCUT2D eigenvalue weighted by Gasteiger charge is 1.99. The molecule has 2 aromatic rings. The van der Waals surface area contributed by atoms with E-state index in [1.54, 1.807) is 13.4 Å². The van der Waals surface area contributed by atoms with Gasteiger partial charge in [-0.2, -0.15) is 0 Å². The largest absolute Gasteiger partial charge is 0.497 e. The topological polar surface area (TPSA) is 27.1 Å². The van der Waals surface area contributed by atoms with E-state index in [0.29, 0.717) is 0 Å². The van der Waals surface area contributed by atoms with E-state index in [1.807, 2.05) is 42.0 Å². The molecule has 0 spiro atoms. The van der Waals surface area contributed by atoms with E-state index < -0.39 is 0 Å². The van der Waals surface area contributed by atoms with E-state index in [-0.39, 0.29) is 0 Å². The normalized spacial score (nSPS) is 10.1. The second-order valence-corrected chi connectivity index (χ2v) is 3.10. The van der Waals surface area contributed by atoms with Gasteiger partial charge < -0.3 is 9.30 Å². The maximum absolute atomic E-state index is 5.09. The van der Waals surface area contributed by atoms with Crippen molar-refractivity contribution >= 4 is 0 Å². The Bertz CT molecular complexity index is 417. The van der Waals surface area contributed by atoms with E-state index in [9.17, 15) is 0 Å². The van der Waals surface area contributed by atoms with Crippen LogP contribution in [-0.4, -0.2) is 16.7 Å². The molecule has 0 fully saturated rings. The summed E-state index contributed by atoms with van der Waals surface area (Å²) in [5, 5.41) is 0. The molecule has 0 amide bonds. The van der Waals surface area contributed by atoms with Crippen molar-refractivity contribution in [3.63, 3.8) is 0 Å². The van der Waals surface area contributed by atoms with Crippen LogP contribution in [0.3, 0.4) is 0 Å². The quantitative estimate of drug-likeness (QED) is 0.722. The number of nitrogens with zero attached hydrogens (tertiary/aromatic N) is 2. The fraction of sp³-hybridized carbons (Fsp3) is 0.182. The van der Waals surface area contributed by atoms with Gasteiger partial charge in [-0.1, -0.05) is 0 Å². The minimum atomic E-state index is 0.867. The lowest BCUT2D eigenvalue weighted by Gasteiger charge is -2.05. The molecule has 2 rings (SSSR count). The molecule has 1 aromatic heterocycles. The highest BCUT2D eigenvalue weighted by atomic mass is 16.5. The highest BCUT2D eigenvalue weighted by Crippen LogP contribution is 2.15. The molecular weight excluding hydrogens is 176 g/mol. The number of aromatic nitrogens is 2. The van der Waals surface area contributed by atoms with Gasteiger partial charge in [-0.15, -0.1) is 0 Å². The third-order valence-corrected chi connectivity index (χ3v) is 2.17. The fourth-order valence-corrected chi connectivity index (χ4v) is 1.37. The molecule has 0 aliphatic heterocycles. The minimum Gasteiger partial charge on any atom is -0.497 e. The highest BCUT2D eigenvalue weighted by molar-refractivity contribution is 5.38.